The summed E-state index contributed by atoms with van der Waals surface area (Å²) in [6, 6.07) is 22.0. The molecule has 1 atom stereocenters. The molecule has 3 aromatic carbocycles. The molecular weight excluding hydrogens is 412 g/mol. The summed E-state index contributed by atoms with van der Waals surface area (Å²) in [5.41, 5.74) is 7.69. The van der Waals surface area contributed by atoms with Gasteiger partial charge in [0.1, 0.15) is 11.6 Å². The van der Waals surface area contributed by atoms with Gasteiger partial charge in [-0.1, -0.05) is 66.7 Å². The molecule has 170 valence electrons. The zero-order valence-electron chi connectivity index (χ0n) is 18.8. The van der Waals surface area contributed by atoms with Crippen LogP contribution in [0.25, 0.3) is 0 Å². The number of ketones is 2. The van der Waals surface area contributed by atoms with E-state index in [-0.39, 0.29) is 19.1 Å². The number of fused-ring (bicyclic) bond motifs is 2. The third-order valence-corrected chi connectivity index (χ3v) is 6.59. The molecule has 0 aliphatic heterocycles. The summed E-state index contributed by atoms with van der Waals surface area (Å²) in [5.74, 6) is 0.562. The Balaban J connectivity index is 0.000000172. The first-order valence-corrected chi connectivity index (χ1v) is 11.6. The highest BCUT2D eigenvalue weighted by Gasteiger charge is 2.27. The van der Waals surface area contributed by atoms with Gasteiger partial charge >= 0.3 is 0 Å². The summed E-state index contributed by atoms with van der Waals surface area (Å²) < 4.78 is 0. The van der Waals surface area contributed by atoms with Crippen molar-refractivity contribution in [1.82, 2.24) is 0 Å². The second-order valence-corrected chi connectivity index (χ2v) is 8.88. The van der Waals surface area contributed by atoms with E-state index in [1.807, 2.05) is 48.5 Å². The summed E-state index contributed by atoms with van der Waals surface area (Å²) in [7, 11) is 0. The standard InChI is InChI=1S/C18H18O2.C11H12O2/c19-12-14-6-7-15-8-9-18(20)17(16(15)11-14)10-13-4-2-1-3-5-13;12-7-8-1-2-9-3-4-11(13)6-10(9)5-8/h1-7,11,17,19H,8-10,12H2;1-2,5,12H,3-4,6-7H2. The van der Waals surface area contributed by atoms with Crippen LogP contribution in [0, 0.1) is 0 Å². The number of carbonyl (C=O) groups is 2. The highest BCUT2D eigenvalue weighted by Crippen LogP contribution is 2.32. The molecule has 0 aromatic heterocycles. The van der Waals surface area contributed by atoms with Crippen LogP contribution in [0.3, 0.4) is 0 Å². The molecule has 0 amide bonds. The molecule has 0 saturated heterocycles. The third kappa shape index (κ3) is 5.65. The fourth-order valence-corrected chi connectivity index (χ4v) is 4.73. The summed E-state index contributed by atoms with van der Waals surface area (Å²) in [6.45, 7) is 0.0843. The number of benzene rings is 3. The van der Waals surface area contributed by atoms with Gasteiger partial charge in [-0.3, -0.25) is 9.59 Å². The highest BCUT2D eigenvalue weighted by molar-refractivity contribution is 5.88. The van der Waals surface area contributed by atoms with E-state index in [9.17, 15) is 14.7 Å². The number of aryl methyl sites for hydroxylation is 2. The molecule has 3 aromatic rings. The van der Waals surface area contributed by atoms with Gasteiger partial charge in [0.15, 0.2) is 0 Å². The van der Waals surface area contributed by atoms with Gasteiger partial charge in [0.2, 0.25) is 0 Å². The maximum atomic E-state index is 12.3. The zero-order valence-corrected chi connectivity index (χ0v) is 18.8. The smallest absolute Gasteiger partial charge is 0.141 e. The van der Waals surface area contributed by atoms with Crippen LogP contribution in [0.5, 0.6) is 0 Å². The number of aliphatic hydroxyl groups excluding tert-OH is 2. The molecule has 2 aliphatic rings. The maximum Gasteiger partial charge on any atom is 0.141 e. The average Bonchev–Trinajstić information content (AvgIpc) is 2.86. The minimum Gasteiger partial charge on any atom is -0.392 e. The quantitative estimate of drug-likeness (QED) is 0.633. The van der Waals surface area contributed by atoms with Gasteiger partial charge in [-0.2, -0.15) is 0 Å². The van der Waals surface area contributed by atoms with Crippen LogP contribution in [-0.4, -0.2) is 21.8 Å². The van der Waals surface area contributed by atoms with Crippen LogP contribution in [0.2, 0.25) is 0 Å². The Morgan fingerprint density at radius 2 is 1.33 bits per heavy atom. The van der Waals surface area contributed by atoms with Crippen molar-refractivity contribution in [3.8, 4) is 0 Å². The largest absolute Gasteiger partial charge is 0.392 e. The van der Waals surface area contributed by atoms with Crippen molar-refractivity contribution in [1.29, 1.82) is 0 Å². The highest BCUT2D eigenvalue weighted by atomic mass is 16.3. The van der Waals surface area contributed by atoms with Gasteiger partial charge < -0.3 is 10.2 Å². The van der Waals surface area contributed by atoms with Crippen LogP contribution in [0.4, 0.5) is 0 Å². The monoisotopic (exact) mass is 442 g/mol. The zero-order chi connectivity index (χ0) is 23.2. The Morgan fingerprint density at radius 3 is 2.06 bits per heavy atom. The lowest BCUT2D eigenvalue weighted by atomic mass is 9.78. The molecule has 4 heteroatoms. The van der Waals surface area contributed by atoms with Crippen molar-refractivity contribution < 1.29 is 19.8 Å². The Kier molecular flexibility index (Phi) is 7.48. The van der Waals surface area contributed by atoms with Crippen LogP contribution >= 0.6 is 0 Å². The van der Waals surface area contributed by atoms with Crippen molar-refractivity contribution in [2.75, 3.05) is 0 Å². The van der Waals surface area contributed by atoms with Crippen molar-refractivity contribution in [3.63, 3.8) is 0 Å². The fourth-order valence-electron chi connectivity index (χ4n) is 4.73. The van der Waals surface area contributed by atoms with Gasteiger partial charge in [0.25, 0.3) is 0 Å². The first-order valence-electron chi connectivity index (χ1n) is 11.6. The van der Waals surface area contributed by atoms with E-state index >= 15 is 0 Å². The lowest BCUT2D eigenvalue weighted by Crippen LogP contribution is -2.22. The predicted molar refractivity (Wildman–Crippen MR) is 128 cm³/mol. The molecule has 0 saturated carbocycles. The second kappa shape index (κ2) is 10.7. The van der Waals surface area contributed by atoms with Gasteiger partial charge in [-0.25, -0.2) is 0 Å². The van der Waals surface area contributed by atoms with Crippen LogP contribution in [0.1, 0.15) is 57.7 Å². The van der Waals surface area contributed by atoms with E-state index in [0.29, 0.717) is 30.8 Å². The molecule has 0 heterocycles. The molecular formula is C29H30O4. The first-order chi connectivity index (χ1) is 16.1. The Bertz CT molecular complexity index is 1130. The molecule has 0 bridgehead atoms. The number of aliphatic hydroxyl groups is 2. The number of rotatable bonds is 4. The van der Waals surface area contributed by atoms with Crippen molar-refractivity contribution in [3.05, 3.63) is 106 Å². The van der Waals surface area contributed by atoms with Gasteiger partial charge in [0.05, 0.1) is 13.2 Å². The second-order valence-electron chi connectivity index (χ2n) is 8.88. The maximum absolute atomic E-state index is 12.3. The predicted octanol–water partition coefficient (Wildman–Crippen LogP) is 4.26. The average molecular weight is 443 g/mol. The van der Waals surface area contributed by atoms with Crippen LogP contribution in [0.15, 0.2) is 66.7 Å². The number of Topliss-reactive ketones (excluding diaryl/α,β-unsaturated/α-hetero) is 2. The third-order valence-electron chi connectivity index (χ3n) is 6.59. The van der Waals surface area contributed by atoms with E-state index in [0.717, 1.165) is 41.5 Å². The minimum absolute atomic E-state index is 0.0273. The molecule has 2 N–H and O–H groups in total. The van der Waals surface area contributed by atoms with E-state index in [1.54, 1.807) is 0 Å². The molecule has 5 rings (SSSR count). The number of hydrogen-bond acceptors (Lipinski definition) is 4. The van der Waals surface area contributed by atoms with Crippen LogP contribution < -0.4 is 0 Å². The van der Waals surface area contributed by atoms with Crippen molar-refractivity contribution >= 4 is 11.6 Å². The molecule has 33 heavy (non-hydrogen) atoms. The van der Waals surface area contributed by atoms with E-state index in [4.69, 9.17) is 5.11 Å². The topological polar surface area (TPSA) is 74.6 Å². The lowest BCUT2D eigenvalue weighted by molar-refractivity contribution is -0.121. The Hall–Kier alpha value is -3.08. The van der Waals surface area contributed by atoms with Gasteiger partial charge in [-0.05, 0) is 58.2 Å². The molecule has 0 spiro atoms. The summed E-state index contributed by atoms with van der Waals surface area (Å²) in [4.78, 5) is 23.5. The van der Waals surface area contributed by atoms with Crippen molar-refractivity contribution in [2.24, 2.45) is 0 Å². The summed E-state index contributed by atoms with van der Waals surface area (Å²) in [5, 5.41) is 18.2. The van der Waals surface area contributed by atoms with Gasteiger partial charge in [-0.15, -0.1) is 0 Å². The van der Waals surface area contributed by atoms with E-state index < -0.39 is 0 Å². The molecule has 1 unspecified atom stereocenters. The summed E-state index contributed by atoms with van der Waals surface area (Å²) in [6.07, 6.45) is 4.28. The van der Waals surface area contributed by atoms with Crippen LogP contribution in [-0.2, 0) is 48.5 Å². The lowest BCUT2D eigenvalue weighted by Gasteiger charge is -2.25. The molecule has 0 radical (unpaired) electrons. The molecule has 0 fully saturated rings. The Morgan fingerprint density at radius 1 is 0.667 bits per heavy atom. The number of carbonyl (C=O) groups excluding carboxylic acids is 2. The fraction of sp³-hybridized carbons (Fsp3) is 0.310. The van der Waals surface area contributed by atoms with Crippen molar-refractivity contribution in [2.45, 2.75) is 57.7 Å². The number of hydrogen-bond donors (Lipinski definition) is 2. The normalized spacial score (nSPS) is 17.0. The molecule has 4 nitrogen and oxygen atoms in total. The molecule has 2 aliphatic carbocycles. The Labute approximate surface area is 194 Å². The van der Waals surface area contributed by atoms with E-state index in [2.05, 4.69) is 18.2 Å². The van der Waals surface area contributed by atoms with E-state index in [1.165, 1.54) is 16.7 Å². The first kappa shape index (κ1) is 23.1. The minimum atomic E-state index is -0.0624. The SMILES string of the molecule is O=C1CCc2ccc(CO)cc2C1.O=C1CCc2ccc(CO)cc2C1Cc1ccccc1. The van der Waals surface area contributed by atoms with Gasteiger partial charge in [0, 0.05) is 25.2 Å². The summed E-state index contributed by atoms with van der Waals surface area (Å²) >= 11 is 0.